The Hall–Kier alpha value is -3.77. The van der Waals surface area contributed by atoms with E-state index in [-0.39, 0.29) is 23.8 Å². The predicted molar refractivity (Wildman–Crippen MR) is 132 cm³/mol. The third-order valence-corrected chi connectivity index (χ3v) is 7.11. The highest BCUT2D eigenvalue weighted by Crippen LogP contribution is 2.44. The van der Waals surface area contributed by atoms with Gasteiger partial charge >= 0.3 is 6.18 Å². The smallest absolute Gasteiger partial charge is 0.390 e. The van der Waals surface area contributed by atoms with Crippen molar-refractivity contribution in [2.45, 2.75) is 44.1 Å². The Kier molecular flexibility index (Phi) is 7.17. The number of hydrogen-bond acceptors (Lipinski definition) is 5. The fourth-order valence-corrected chi connectivity index (χ4v) is 5.28. The van der Waals surface area contributed by atoms with Gasteiger partial charge in [0.15, 0.2) is 0 Å². The van der Waals surface area contributed by atoms with Crippen LogP contribution in [0, 0.1) is 5.82 Å². The highest BCUT2D eigenvalue weighted by molar-refractivity contribution is 6.05. The molecular weight excluding hydrogens is 520 g/mol. The van der Waals surface area contributed by atoms with E-state index in [0.717, 1.165) is 18.2 Å². The lowest BCUT2D eigenvalue weighted by atomic mass is 9.81. The minimum Gasteiger partial charge on any atom is -0.390 e. The Labute approximate surface area is 221 Å². The standard InChI is InChI=1S/C27H26F4N4O4/c1-2-34-25-22(20(13-36)33-35(25)19-10-11-39-14-19)21(15-6-8-18(28)9-7-15)23(26(34)38)32-24(37)16-4-3-5-17(12-16)27(29,30)31/h3-9,12,19,21,23,36H,2,10-11,13-14H2,1H3,(H,32,37)/t19?,21-,23-/m1/s1. The van der Waals surface area contributed by atoms with Gasteiger partial charge in [-0.2, -0.15) is 18.3 Å². The number of likely N-dealkylation sites (N-methyl/N-ethyl adjacent to an activating group) is 1. The molecule has 3 atom stereocenters. The van der Waals surface area contributed by atoms with Crippen molar-refractivity contribution in [1.82, 2.24) is 15.1 Å². The van der Waals surface area contributed by atoms with Crippen LogP contribution in [0.2, 0.25) is 0 Å². The van der Waals surface area contributed by atoms with Crippen molar-refractivity contribution >= 4 is 17.6 Å². The molecule has 12 heteroatoms. The molecule has 1 saturated heterocycles. The average Bonchev–Trinajstić information content (AvgIpc) is 3.58. The monoisotopic (exact) mass is 546 g/mol. The van der Waals surface area contributed by atoms with Gasteiger partial charge in [-0.1, -0.05) is 18.2 Å². The maximum atomic E-state index is 13.9. The SMILES string of the molecule is CCN1C(=O)[C@H](NC(=O)c2cccc(C(F)(F)F)c2)[C@H](c2ccc(F)cc2)c2c(CO)nn(C3CCOC3)c21. The molecular formula is C27H26F4N4O4. The number of aromatic nitrogens is 2. The van der Waals surface area contributed by atoms with E-state index < -0.39 is 47.9 Å². The summed E-state index contributed by atoms with van der Waals surface area (Å²) >= 11 is 0. The van der Waals surface area contributed by atoms with Gasteiger partial charge in [0, 0.05) is 30.2 Å². The molecule has 2 aromatic carbocycles. The quantitative estimate of drug-likeness (QED) is 0.459. The predicted octanol–water partition coefficient (Wildman–Crippen LogP) is 3.79. The molecule has 2 amide bonds. The number of anilines is 1. The Bertz CT molecular complexity index is 1380. The number of nitrogens with zero attached hydrogens (tertiary/aromatic N) is 3. The molecule has 3 heterocycles. The number of aliphatic hydroxyl groups is 1. The van der Waals surface area contributed by atoms with Crippen LogP contribution in [0.3, 0.4) is 0 Å². The van der Waals surface area contributed by atoms with Gasteiger partial charge in [0.05, 0.1) is 30.5 Å². The first kappa shape index (κ1) is 26.8. The summed E-state index contributed by atoms with van der Waals surface area (Å²) in [5.74, 6) is -2.36. The summed E-state index contributed by atoms with van der Waals surface area (Å²) in [6, 6.07) is 7.82. The molecule has 0 spiro atoms. The van der Waals surface area contributed by atoms with Gasteiger partial charge in [-0.3, -0.25) is 14.5 Å². The second-order valence-electron chi connectivity index (χ2n) is 9.45. The van der Waals surface area contributed by atoms with E-state index >= 15 is 0 Å². The molecule has 3 aromatic rings. The summed E-state index contributed by atoms with van der Waals surface area (Å²) in [6.07, 6.45) is -4.02. The highest BCUT2D eigenvalue weighted by Gasteiger charge is 2.46. The number of benzene rings is 2. The van der Waals surface area contributed by atoms with E-state index in [4.69, 9.17) is 4.74 Å². The molecule has 0 bridgehead atoms. The maximum Gasteiger partial charge on any atom is 0.416 e. The van der Waals surface area contributed by atoms with E-state index in [1.54, 1.807) is 11.6 Å². The van der Waals surface area contributed by atoms with Crippen molar-refractivity contribution in [3.8, 4) is 0 Å². The fourth-order valence-electron chi connectivity index (χ4n) is 5.28. The van der Waals surface area contributed by atoms with Gasteiger partial charge in [-0.05, 0) is 49.2 Å². The number of halogens is 4. The zero-order chi connectivity index (χ0) is 27.9. The molecule has 0 aliphatic carbocycles. The van der Waals surface area contributed by atoms with Gasteiger partial charge < -0.3 is 15.2 Å². The van der Waals surface area contributed by atoms with Crippen LogP contribution < -0.4 is 10.2 Å². The van der Waals surface area contributed by atoms with Crippen molar-refractivity contribution < 1.29 is 37.0 Å². The topological polar surface area (TPSA) is 96.7 Å². The number of fused-ring (bicyclic) bond motifs is 1. The lowest BCUT2D eigenvalue weighted by molar-refractivity contribution is -0.137. The molecule has 206 valence electrons. The van der Waals surface area contributed by atoms with E-state index in [2.05, 4.69) is 10.4 Å². The zero-order valence-electron chi connectivity index (χ0n) is 20.9. The largest absolute Gasteiger partial charge is 0.416 e. The molecule has 1 unspecified atom stereocenters. The molecule has 39 heavy (non-hydrogen) atoms. The van der Waals surface area contributed by atoms with Crippen LogP contribution in [0.5, 0.6) is 0 Å². The Balaban J connectivity index is 1.64. The summed E-state index contributed by atoms with van der Waals surface area (Å²) in [4.78, 5) is 28.6. The number of ether oxygens (including phenoxy) is 1. The zero-order valence-corrected chi connectivity index (χ0v) is 20.9. The average molecular weight is 547 g/mol. The number of aliphatic hydroxyl groups excluding tert-OH is 1. The molecule has 0 radical (unpaired) electrons. The highest BCUT2D eigenvalue weighted by atomic mass is 19.4. The summed E-state index contributed by atoms with van der Waals surface area (Å²) in [7, 11) is 0. The van der Waals surface area contributed by atoms with Crippen molar-refractivity contribution in [2.24, 2.45) is 0 Å². The Morgan fingerprint density at radius 3 is 2.56 bits per heavy atom. The van der Waals surface area contributed by atoms with Crippen LogP contribution in [-0.2, 0) is 22.3 Å². The van der Waals surface area contributed by atoms with Crippen LogP contribution in [0.4, 0.5) is 23.4 Å². The molecule has 1 fully saturated rings. The van der Waals surface area contributed by atoms with Crippen LogP contribution in [0.25, 0.3) is 0 Å². The van der Waals surface area contributed by atoms with Crippen molar-refractivity contribution in [3.63, 3.8) is 0 Å². The fraction of sp³-hybridized carbons (Fsp3) is 0.370. The third kappa shape index (κ3) is 4.89. The van der Waals surface area contributed by atoms with Crippen LogP contribution in [0.15, 0.2) is 48.5 Å². The molecule has 8 nitrogen and oxygen atoms in total. The Morgan fingerprint density at radius 2 is 1.95 bits per heavy atom. The van der Waals surface area contributed by atoms with Crippen LogP contribution >= 0.6 is 0 Å². The van der Waals surface area contributed by atoms with Gasteiger partial charge in [0.25, 0.3) is 11.8 Å². The van der Waals surface area contributed by atoms with Crippen molar-refractivity contribution in [1.29, 1.82) is 0 Å². The molecule has 2 N–H and O–H groups in total. The van der Waals surface area contributed by atoms with Gasteiger partial charge in [0.2, 0.25) is 0 Å². The molecule has 1 aromatic heterocycles. The van der Waals surface area contributed by atoms with Gasteiger partial charge in [0.1, 0.15) is 17.7 Å². The maximum absolute atomic E-state index is 13.9. The second kappa shape index (κ2) is 10.4. The number of amides is 2. The number of alkyl halides is 3. The third-order valence-electron chi connectivity index (χ3n) is 7.11. The first-order valence-corrected chi connectivity index (χ1v) is 12.5. The number of carbonyl (C=O) groups excluding carboxylic acids is 2. The summed E-state index contributed by atoms with van der Waals surface area (Å²) in [5.41, 5.74) is -0.0545. The first-order chi connectivity index (χ1) is 18.6. The molecule has 0 saturated carbocycles. The summed E-state index contributed by atoms with van der Waals surface area (Å²) < 4.78 is 60.9. The molecule has 2 aliphatic heterocycles. The summed E-state index contributed by atoms with van der Waals surface area (Å²) in [5, 5.41) is 17.5. The van der Waals surface area contributed by atoms with Crippen LogP contribution in [-0.4, -0.2) is 52.5 Å². The minimum absolute atomic E-state index is 0.189. The summed E-state index contributed by atoms with van der Waals surface area (Å²) in [6.45, 7) is 2.34. The molecule has 2 aliphatic rings. The number of hydrogen-bond donors (Lipinski definition) is 2. The normalized spacial score (nSPS) is 21.2. The van der Waals surface area contributed by atoms with Crippen molar-refractivity contribution in [2.75, 3.05) is 24.7 Å². The number of rotatable bonds is 6. The minimum atomic E-state index is -4.66. The van der Waals surface area contributed by atoms with E-state index in [1.807, 2.05) is 0 Å². The van der Waals surface area contributed by atoms with Crippen molar-refractivity contribution in [3.05, 3.63) is 82.3 Å². The lowest BCUT2D eigenvalue weighted by Crippen LogP contribution is -2.55. The number of nitrogens with one attached hydrogen (secondary N) is 1. The first-order valence-electron chi connectivity index (χ1n) is 12.5. The van der Waals surface area contributed by atoms with E-state index in [0.29, 0.717) is 36.6 Å². The lowest BCUT2D eigenvalue weighted by Gasteiger charge is -2.39. The van der Waals surface area contributed by atoms with Gasteiger partial charge in [-0.15, -0.1) is 0 Å². The number of carbonyl (C=O) groups is 2. The van der Waals surface area contributed by atoms with Crippen LogP contribution in [0.1, 0.15) is 58.0 Å². The Morgan fingerprint density at radius 1 is 1.21 bits per heavy atom. The van der Waals surface area contributed by atoms with Gasteiger partial charge in [-0.25, -0.2) is 9.07 Å². The van der Waals surface area contributed by atoms with E-state index in [9.17, 15) is 32.3 Å². The van der Waals surface area contributed by atoms with E-state index in [1.165, 1.54) is 35.2 Å². The molecule has 5 rings (SSSR count). The second-order valence-corrected chi connectivity index (χ2v) is 9.45.